The Morgan fingerprint density at radius 2 is 2.06 bits per heavy atom. The first-order chi connectivity index (χ1) is 7.71. The number of benzene rings is 1. The first kappa shape index (κ1) is 11.5. The summed E-state index contributed by atoms with van der Waals surface area (Å²) in [7, 11) is 1.59. The van der Waals surface area contributed by atoms with Crippen molar-refractivity contribution >= 4 is 11.4 Å². The number of rotatable bonds is 3. The average molecular weight is 214 g/mol. The summed E-state index contributed by atoms with van der Waals surface area (Å²) in [6, 6.07) is 8.70. The second-order valence-corrected chi connectivity index (χ2v) is 2.98. The van der Waals surface area contributed by atoms with Gasteiger partial charge in [0.25, 0.3) is 0 Å². The molecule has 80 valence electrons. The molecule has 0 unspecified atom stereocenters. The van der Waals surface area contributed by atoms with Gasteiger partial charge in [-0.15, -0.1) is 0 Å². The van der Waals surface area contributed by atoms with Crippen LogP contribution in [0.4, 0.5) is 5.69 Å². The van der Waals surface area contributed by atoms with Crippen LogP contribution in [0.3, 0.4) is 0 Å². The number of nitrogens with zero attached hydrogens (tertiary/aromatic N) is 3. The molecule has 0 fully saturated rings. The summed E-state index contributed by atoms with van der Waals surface area (Å²) in [4.78, 5) is 0. The van der Waals surface area contributed by atoms with Crippen molar-refractivity contribution in [3.8, 4) is 17.9 Å². The minimum absolute atomic E-state index is 0.213. The number of anilines is 1. The number of hydrogen-bond donors (Lipinski definition) is 1. The van der Waals surface area contributed by atoms with E-state index in [0.717, 1.165) is 17.0 Å². The molecule has 16 heavy (non-hydrogen) atoms. The van der Waals surface area contributed by atoms with E-state index in [1.807, 2.05) is 13.0 Å². The molecule has 0 aliphatic heterocycles. The monoisotopic (exact) mass is 214 g/mol. The Morgan fingerprint density at radius 3 is 2.56 bits per heavy atom. The van der Waals surface area contributed by atoms with E-state index >= 15 is 0 Å². The van der Waals surface area contributed by atoms with Gasteiger partial charge in [0, 0.05) is 0 Å². The molecule has 0 aliphatic rings. The van der Waals surface area contributed by atoms with Crippen LogP contribution in [0.2, 0.25) is 0 Å². The fourth-order valence-corrected chi connectivity index (χ4v) is 1.08. The maximum absolute atomic E-state index is 8.49. The Hall–Kier alpha value is -2.53. The van der Waals surface area contributed by atoms with E-state index in [1.54, 1.807) is 31.4 Å². The van der Waals surface area contributed by atoms with E-state index in [-0.39, 0.29) is 5.71 Å². The highest BCUT2D eigenvalue weighted by Crippen LogP contribution is 2.20. The standard InChI is InChI=1S/C11H10N4O/c1-8-5-10(16-2)3-4-11(8)15-14-9(6-12)7-13/h3-5,15H,1-2H3. The number of nitriles is 2. The lowest BCUT2D eigenvalue weighted by atomic mass is 10.2. The molecule has 1 N–H and O–H groups in total. The summed E-state index contributed by atoms with van der Waals surface area (Å²) in [6.07, 6.45) is 0. The number of hydrazone groups is 1. The van der Waals surface area contributed by atoms with Crippen LogP contribution in [-0.2, 0) is 0 Å². The summed E-state index contributed by atoms with van der Waals surface area (Å²) in [6.45, 7) is 1.87. The minimum atomic E-state index is -0.213. The third-order valence-electron chi connectivity index (χ3n) is 1.93. The van der Waals surface area contributed by atoms with Gasteiger partial charge in [0.05, 0.1) is 12.8 Å². The van der Waals surface area contributed by atoms with Crippen LogP contribution in [0, 0.1) is 29.6 Å². The van der Waals surface area contributed by atoms with Crippen molar-refractivity contribution in [1.82, 2.24) is 0 Å². The molecule has 0 spiro atoms. The van der Waals surface area contributed by atoms with Crippen molar-refractivity contribution in [2.45, 2.75) is 6.92 Å². The zero-order valence-corrected chi connectivity index (χ0v) is 8.98. The molecule has 0 aliphatic carbocycles. The van der Waals surface area contributed by atoms with Gasteiger partial charge in [0.2, 0.25) is 5.71 Å². The maximum atomic E-state index is 8.49. The van der Waals surface area contributed by atoms with Crippen molar-refractivity contribution in [2.24, 2.45) is 5.10 Å². The third-order valence-corrected chi connectivity index (χ3v) is 1.93. The maximum Gasteiger partial charge on any atom is 0.237 e. The predicted molar refractivity (Wildman–Crippen MR) is 60.0 cm³/mol. The Kier molecular flexibility index (Phi) is 3.88. The van der Waals surface area contributed by atoms with Crippen molar-refractivity contribution in [3.63, 3.8) is 0 Å². The summed E-state index contributed by atoms with van der Waals surface area (Å²) in [5.74, 6) is 0.743. The molecule has 0 bridgehead atoms. The van der Waals surface area contributed by atoms with Gasteiger partial charge in [0.1, 0.15) is 17.9 Å². The largest absolute Gasteiger partial charge is 0.497 e. The molecule has 0 aromatic heterocycles. The molecule has 0 amide bonds. The third kappa shape index (κ3) is 2.73. The zero-order chi connectivity index (χ0) is 12.0. The van der Waals surface area contributed by atoms with Gasteiger partial charge in [-0.2, -0.15) is 15.6 Å². The number of nitrogens with one attached hydrogen (secondary N) is 1. The quantitative estimate of drug-likeness (QED) is 0.614. The van der Waals surface area contributed by atoms with Crippen LogP contribution >= 0.6 is 0 Å². The van der Waals surface area contributed by atoms with Crippen molar-refractivity contribution in [1.29, 1.82) is 10.5 Å². The molecule has 1 rings (SSSR count). The van der Waals surface area contributed by atoms with Gasteiger partial charge >= 0.3 is 0 Å². The average Bonchev–Trinajstić information content (AvgIpc) is 2.32. The molecule has 1 aromatic rings. The molecule has 0 atom stereocenters. The van der Waals surface area contributed by atoms with E-state index in [4.69, 9.17) is 15.3 Å². The van der Waals surface area contributed by atoms with Gasteiger partial charge in [-0.25, -0.2) is 0 Å². The molecule has 5 nitrogen and oxygen atoms in total. The summed E-state index contributed by atoms with van der Waals surface area (Å²) < 4.78 is 5.05. The molecule has 1 aromatic carbocycles. The molecular formula is C11H10N4O. The highest BCUT2D eigenvalue weighted by Gasteiger charge is 2.00. The summed E-state index contributed by atoms with van der Waals surface area (Å²) in [5, 5.41) is 20.6. The van der Waals surface area contributed by atoms with Gasteiger partial charge in [-0.1, -0.05) is 0 Å². The van der Waals surface area contributed by atoms with Crippen molar-refractivity contribution in [3.05, 3.63) is 23.8 Å². The topological polar surface area (TPSA) is 81.2 Å². The highest BCUT2D eigenvalue weighted by molar-refractivity contribution is 6.10. The predicted octanol–water partition coefficient (Wildman–Crippen LogP) is 1.82. The summed E-state index contributed by atoms with van der Waals surface area (Å²) >= 11 is 0. The Labute approximate surface area is 93.6 Å². The number of ether oxygens (including phenoxy) is 1. The SMILES string of the molecule is COc1ccc(NN=C(C#N)C#N)c(C)c1. The normalized spacial score (nSPS) is 8.50. The lowest BCUT2D eigenvalue weighted by molar-refractivity contribution is 0.414. The second kappa shape index (κ2) is 5.38. The number of hydrogen-bond acceptors (Lipinski definition) is 5. The van der Waals surface area contributed by atoms with Crippen LogP contribution < -0.4 is 10.2 Å². The van der Waals surface area contributed by atoms with Crippen LogP contribution in [0.1, 0.15) is 5.56 Å². The van der Waals surface area contributed by atoms with E-state index < -0.39 is 0 Å². The van der Waals surface area contributed by atoms with Crippen LogP contribution in [0.25, 0.3) is 0 Å². The smallest absolute Gasteiger partial charge is 0.237 e. The van der Waals surface area contributed by atoms with E-state index in [0.29, 0.717) is 0 Å². The molecule has 0 radical (unpaired) electrons. The fourth-order valence-electron chi connectivity index (χ4n) is 1.08. The molecule has 0 saturated heterocycles. The van der Waals surface area contributed by atoms with E-state index in [2.05, 4.69) is 10.5 Å². The van der Waals surface area contributed by atoms with Crippen molar-refractivity contribution in [2.75, 3.05) is 12.5 Å². The van der Waals surface area contributed by atoms with Gasteiger partial charge < -0.3 is 4.74 Å². The lowest BCUT2D eigenvalue weighted by Crippen LogP contribution is -1.98. The Bertz CT molecular complexity index is 478. The van der Waals surface area contributed by atoms with Gasteiger partial charge in [-0.05, 0) is 30.7 Å². The molecule has 0 heterocycles. The van der Waals surface area contributed by atoms with Crippen LogP contribution in [0.15, 0.2) is 23.3 Å². The van der Waals surface area contributed by atoms with Gasteiger partial charge in [0.15, 0.2) is 0 Å². The zero-order valence-electron chi connectivity index (χ0n) is 8.98. The highest BCUT2D eigenvalue weighted by atomic mass is 16.5. The minimum Gasteiger partial charge on any atom is -0.497 e. The van der Waals surface area contributed by atoms with Crippen LogP contribution in [-0.4, -0.2) is 12.8 Å². The van der Waals surface area contributed by atoms with Crippen molar-refractivity contribution < 1.29 is 4.74 Å². The van der Waals surface area contributed by atoms with E-state index in [9.17, 15) is 0 Å². The fraction of sp³-hybridized carbons (Fsp3) is 0.182. The first-order valence-electron chi connectivity index (χ1n) is 4.49. The Balaban J connectivity index is 2.88. The molecular weight excluding hydrogens is 204 g/mol. The Morgan fingerprint density at radius 1 is 1.38 bits per heavy atom. The van der Waals surface area contributed by atoms with Gasteiger partial charge in [-0.3, -0.25) is 5.43 Å². The second-order valence-electron chi connectivity index (χ2n) is 2.98. The molecule has 5 heteroatoms. The number of aryl methyl sites for hydroxylation is 1. The first-order valence-corrected chi connectivity index (χ1v) is 4.49. The number of methoxy groups -OCH3 is 1. The lowest BCUT2D eigenvalue weighted by Gasteiger charge is -2.06. The van der Waals surface area contributed by atoms with Crippen LogP contribution in [0.5, 0.6) is 5.75 Å². The molecule has 0 saturated carbocycles. The van der Waals surface area contributed by atoms with E-state index in [1.165, 1.54) is 0 Å². The summed E-state index contributed by atoms with van der Waals surface area (Å²) in [5.41, 5.74) is 4.08.